The van der Waals surface area contributed by atoms with Gasteiger partial charge in [0.1, 0.15) is 12.0 Å². The molecular weight excluding hydrogens is 302 g/mol. The predicted molar refractivity (Wildman–Crippen MR) is 78.8 cm³/mol. The molecule has 0 atom stereocenters. The summed E-state index contributed by atoms with van der Waals surface area (Å²) in [4.78, 5) is 39.0. The first kappa shape index (κ1) is 15.1. The summed E-state index contributed by atoms with van der Waals surface area (Å²) in [5, 5.41) is 2.97. The summed E-state index contributed by atoms with van der Waals surface area (Å²) >= 11 is 0. The monoisotopic (exact) mass is 319 g/mol. The van der Waals surface area contributed by atoms with Gasteiger partial charge in [0.25, 0.3) is 5.91 Å². The van der Waals surface area contributed by atoms with Crippen LogP contribution < -0.4 is 11.1 Å². The number of amides is 2. The second-order valence-corrected chi connectivity index (χ2v) is 5.50. The highest BCUT2D eigenvalue weighted by Crippen LogP contribution is 2.13. The molecule has 0 unspecified atom stereocenters. The fraction of sp³-hybridized carbons (Fsp3) is 0.400. The van der Waals surface area contributed by atoms with Crippen LogP contribution in [0.15, 0.2) is 38.5 Å². The number of hydrogen-bond acceptors (Lipinski definition) is 5. The summed E-state index contributed by atoms with van der Waals surface area (Å²) in [6.07, 6.45) is 5.84. The quantitative estimate of drug-likeness (QED) is 0.854. The molecule has 2 N–H and O–H groups in total. The maximum Gasteiger partial charge on any atom is 0.416 e. The van der Waals surface area contributed by atoms with Crippen LogP contribution in [-0.4, -0.2) is 40.8 Å². The van der Waals surface area contributed by atoms with Crippen LogP contribution in [0.3, 0.4) is 0 Å². The van der Waals surface area contributed by atoms with E-state index in [-0.39, 0.29) is 30.0 Å². The van der Waals surface area contributed by atoms with E-state index in [1.165, 1.54) is 6.26 Å². The molecule has 2 amide bonds. The summed E-state index contributed by atoms with van der Waals surface area (Å²) in [7, 11) is 0. The Bertz CT molecular complexity index is 722. The van der Waals surface area contributed by atoms with Crippen molar-refractivity contribution in [2.24, 2.45) is 0 Å². The predicted octanol–water partition coefficient (Wildman–Crippen LogP) is 0.524. The summed E-state index contributed by atoms with van der Waals surface area (Å²) < 4.78 is 9.51. The second kappa shape index (κ2) is 6.55. The smallest absolute Gasteiger partial charge is 0.416 e. The van der Waals surface area contributed by atoms with Crippen LogP contribution in [-0.2, 0) is 11.2 Å². The van der Waals surface area contributed by atoms with Crippen molar-refractivity contribution in [3.8, 4) is 0 Å². The van der Waals surface area contributed by atoms with Crippen LogP contribution >= 0.6 is 0 Å². The number of nitrogens with zero attached hydrogens (tertiary/aromatic N) is 1. The number of carbonyl (C=O) groups excluding carboxylic acids is 2. The zero-order valence-electron chi connectivity index (χ0n) is 12.4. The van der Waals surface area contributed by atoms with E-state index in [2.05, 4.69) is 14.7 Å². The lowest BCUT2D eigenvalue weighted by atomic mass is 10.0. The fourth-order valence-corrected chi connectivity index (χ4v) is 2.64. The summed E-state index contributed by atoms with van der Waals surface area (Å²) in [5.41, 5.74) is 0.983. The lowest BCUT2D eigenvalue weighted by molar-refractivity contribution is -0.121. The number of hydrogen-bond donors (Lipinski definition) is 2. The summed E-state index contributed by atoms with van der Waals surface area (Å²) in [6, 6.07) is 1.80. The number of carbonyl (C=O) groups is 2. The Hall–Kier alpha value is -2.77. The molecule has 2 aromatic heterocycles. The largest absolute Gasteiger partial charge is 0.472 e. The van der Waals surface area contributed by atoms with Crippen molar-refractivity contribution in [2.45, 2.75) is 25.3 Å². The van der Waals surface area contributed by atoms with Gasteiger partial charge in [0.05, 0.1) is 18.9 Å². The van der Waals surface area contributed by atoms with Crippen LogP contribution in [0.1, 0.15) is 28.9 Å². The Morgan fingerprint density at radius 3 is 2.70 bits per heavy atom. The number of rotatable bonds is 4. The molecular formula is C15H17N3O5. The van der Waals surface area contributed by atoms with Gasteiger partial charge in [-0.25, -0.2) is 4.79 Å². The zero-order chi connectivity index (χ0) is 16.2. The number of aromatic amines is 1. The number of H-pyrrole nitrogens is 1. The molecule has 0 radical (unpaired) electrons. The highest BCUT2D eigenvalue weighted by Gasteiger charge is 2.25. The van der Waals surface area contributed by atoms with Crippen molar-refractivity contribution in [1.82, 2.24) is 15.2 Å². The van der Waals surface area contributed by atoms with Gasteiger partial charge in [-0.15, -0.1) is 0 Å². The molecule has 1 aliphatic rings. The van der Waals surface area contributed by atoms with E-state index >= 15 is 0 Å². The minimum atomic E-state index is -0.644. The van der Waals surface area contributed by atoms with E-state index < -0.39 is 5.76 Å². The molecule has 8 nitrogen and oxygen atoms in total. The molecule has 0 aromatic carbocycles. The van der Waals surface area contributed by atoms with Crippen LogP contribution in [0.2, 0.25) is 0 Å². The number of aromatic nitrogens is 1. The van der Waals surface area contributed by atoms with E-state index in [0.717, 1.165) is 11.8 Å². The normalized spacial score (nSPS) is 15.6. The third kappa shape index (κ3) is 3.71. The van der Waals surface area contributed by atoms with Crippen LogP contribution in [0.25, 0.3) is 0 Å². The van der Waals surface area contributed by atoms with Gasteiger partial charge < -0.3 is 19.1 Å². The highest BCUT2D eigenvalue weighted by atomic mass is 16.4. The molecule has 2 aromatic rings. The van der Waals surface area contributed by atoms with E-state index in [1.807, 2.05) is 0 Å². The van der Waals surface area contributed by atoms with E-state index in [0.29, 0.717) is 25.9 Å². The lowest BCUT2D eigenvalue weighted by Crippen LogP contribution is -2.47. The molecule has 0 bridgehead atoms. The van der Waals surface area contributed by atoms with Gasteiger partial charge in [0, 0.05) is 19.1 Å². The lowest BCUT2D eigenvalue weighted by Gasteiger charge is -2.32. The number of oxazole rings is 1. The minimum Gasteiger partial charge on any atom is -0.472 e. The number of likely N-dealkylation sites (tertiary alicyclic amines) is 1. The molecule has 1 aliphatic heterocycles. The van der Waals surface area contributed by atoms with Gasteiger partial charge >= 0.3 is 5.76 Å². The van der Waals surface area contributed by atoms with Gasteiger partial charge in [-0.3, -0.25) is 14.6 Å². The molecule has 1 saturated heterocycles. The van der Waals surface area contributed by atoms with Crippen molar-refractivity contribution in [1.29, 1.82) is 0 Å². The molecule has 8 heteroatoms. The van der Waals surface area contributed by atoms with Crippen molar-refractivity contribution in [2.75, 3.05) is 13.1 Å². The molecule has 0 aliphatic carbocycles. The van der Waals surface area contributed by atoms with Gasteiger partial charge in [0.15, 0.2) is 0 Å². The number of nitrogens with one attached hydrogen (secondary N) is 2. The Morgan fingerprint density at radius 2 is 2.09 bits per heavy atom. The molecule has 1 fully saturated rings. The van der Waals surface area contributed by atoms with Crippen LogP contribution in [0, 0.1) is 0 Å². The zero-order valence-corrected chi connectivity index (χ0v) is 12.4. The Balaban J connectivity index is 1.47. The Labute approximate surface area is 131 Å². The second-order valence-electron chi connectivity index (χ2n) is 5.50. The first-order valence-corrected chi connectivity index (χ1v) is 7.39. The third-order valence-corrected chi connectivity index (χ3v) is 3.84. The molecule has 122 valence electrons. The van der Waals surface area contributed by atoms with Crippen molar-refractivity contribution in [3.63, 3.8) is 0 Å². The number of furan rings is 1. The average molecular weight is 319 g/mol. The topological polar surface area (TPSA) is 109 Å². The minimum absolute atomic E-state index is 0.0434. The molecule has 23 heavy (non-hydrogen) atoms. The van der Waals surface area contributed by atoms with E-state index in [9.17, 15) is 14.4 Å². The molecule has 3 rings (SSSR count). The van der Waals surface area contributed by atoms with Gasteiger partial charge in [-0.2, -0.15) is 0 Å². The van der Waals surface area contributed by atoms with E-state index in [4.69, 9.17) is 4.42 Å². The maximum atomic E-state index is 12.2. The van der Waals surface area contributed by atoms with Crippen molar-refractivity contribution in [3.05, 3.63) is 46.7 Å². The SMILES string of the molecule is O=C(Cc1ccoc1)NC1CCN(C(=O)c2coc(=O)[nH]2)CC1. The maximum absolute atomic E-state index is 12.2. The molecule has 0 saturated carbocycles. The van der Waals surface area contributed by atoms with Gasteiger partial charge in [0.2, 0.25) is 5.91 Å². The molecule has 3 heterocycles. The third-order valence-electron chi connectivity index (χ3n) is 3.84. The Kier molecular flexibility index (Phi) is 4.31. The first-order valence-electron chi connectivity index (χ1n) is 7.39. The number of piperidine rings is 1. The Morgan fingerprint density at radius 1 is 1.30 bits per heavy atom. The average Bonchev–Trinajstić information content (AvgIpc) is 3.19. The van der Waals surface area contributed by atoms with Gasteiger partial charge in [-0.1, -0.05) is 0 Å². The van der Waals surface area contributed by atoms with Crippen LogP contribution in [0.5, 0.6) is 0 Å². The molecule has 0 spiro atoms. The van der Waals surface area contributed by atoms with Crippen LogP contribution in [0.4, 0.5) is 0 Å². The standard InChI is InChI=1S/C15H17N3O5/c19-13(7-10-3-6-22-8-10)16-11-1-4-18(5-2-11)14(20)12-9-23-15(21)17-12/h3,6,8-9,11H,1-2,4-5,7H2,(H,16,19)(H,17,21). The van der Waals surface area contributed by atoms with Crippen molar-refractivity contribution >= 4 is 11.8 Å². The highest BCUT2D eigenvalue weighted by molar-refractivity contribution is 5.92. The van der Waals surface area contributed by atoms with Crippen molar-refractivity contribution < 1.29 is 18.4 Å². The van der Waals surface area contributed by atoms with E-state index in [1.54, 1.807) is 17.2 Å². The summed E-state index contributed by atoms with van der Waals surface area (Å²) in [6.45, 7) is 1.03. The fourth-order valence-electron chi connectivity index (χ4n) is 2.64. The summed E-state index contributed by atoms with van der Waals surface area (Å²) in [5.74, 6) is -0.968. The first-order chi connectivity index (χ1) is 11.1. The van der Waals surface area contributed by atoms with Gasteiger partial charge in [-0.05, 0) is 24.5 Å².